The number of rotatable bonds is 4. The van der Waals surface area contributed by atoms with Gasteiger partial charge in [0.1, 0.15) is 15.4 Å². The molecule has 1 amide bonds. The van der Waals surface area contributed by atoms with E-state index in [1.807, 2.05) is 25.1 Å². The third-order valence-corrected chi connectivity index (χ3v) is 8.86. The summed E-state index contributed by atoms with van der Waals surface area (Å²) >= 11 is 2.65. The van der Waals surface area contributed by atoms with Crippen molar-refractivity contribution in [2.75, 3.05) is 5.01 Å². The fourth-order valence-corrected chi connectivity index (χ4v) is 7.22. The Labute approximate surface area is 197 Å². The van der Waals surface area contributed by atoms with Crippen molar-refractivity contribution in [1.29, 1.82) is 0 Å². The minimum absolute atomic E-state index is 0.161. The zero-order chi connectivity index (χ0) is 23.2. The van der Waals surface area contributed by atoms with Crippen molar-refractivity contribution in [1.82, 2.24) is 14.9 Å². The number of nitrogens with zero attached hydrogens (tertiary/aromatic N) is 6. The van der Waals surface area contributed by atoms with Gasteiger partial charge in [-0.3, -0.25) is 4.79 Å². The van der Waals surface area contributed by atoms with Crippen LogP contribution in [0.3, 0.4) is 0 Å². The SMILES string of the molecule is CC1=NN(c2ccccc2)C(=O)C1N=Nc1ccc2c(c1)SC(c1nnc(C)s1)NS2(=O)=O. The Kier molecular flexibility index (Phi) is 5.56. The average Bonchev–Trinajstić information content (AvgIpc) is 3.35. The Morgan fingerprint density at radius 1 is 1.09 bits per heavy atom. The minimum atomic E-state index is -3.72. The fourth-order valence-electron chi connectivity index (χ4n) is 3.31. The number of benzene rings is 2. The summed E-state index contributed by atoms with van der Waals surface area (Å²) in [6.07, 6.45) is 0. The quantitative estimate of drug-likeness (QED) is 0.544. The number of para-hydroxylation sites is 1. The van der Waals surface area contributed by atoms with Crippen LogP contribution < -0.4 is 9.73 Å². The van der Waals surface area contributed by atoms with E-state index >= 15 is 0 Å². The van der Waals surface area contributed by atoms with Gasteiger partial charge in [-0.05, 0) is 44.2 Å². The number of sulfonamides is 1. The molecule has 5 rings (SSSR count). The smallest absolute Gasteiger partial charge is 0.269 e. The lowest BCUT2D eigenvalue weighted by molar-refractivity contribution is -0.117. The van der Waals surface area contributed by atoms with Crippen LogP contribution in [0, 0.1) is 6.92 Å². The largest absolute Gasteiger partial charge is 0.280 e. The fraction of sp³-hybridized carbons (Fsp3) is 0.200. The molecule has 1 aromatic heterocycles. The Bertz CT molecular complexity index is 1400. The average molecular weight is 500 g/mol. The Morgan fingerprint density at radius 3 is 2.61 bits per heavy atom. The van der Waals surface area contributed by atoms with E-state index in [0.29, 0.717) is 27.0 Å². The summed E-state index contributed by atoms with van der Waals surface area (Å²) in [6.45, 7) is 3.53. The molecule has 0 saturated heterocycles. The van der Waals surface area contributed by atoms with Crippen LogP contribution in [-0.4, -0.2) is 36.3 Å². The number of hydrazone groups is 1. The van der Waals surface area contributed by atoms with Gasteiger partial charge in [0.2, 0.25) is 10.0 Å². The zero-order valence-electron chi connectivity index (χ0n) is 17.4. The van der Waals surface area contributed by atoms with Crippen LogP contribution in [0.2, 0.25) is 0 Å². The highest BCUT2D eigenvalue weighted by Gasteiger charge is 2.35. The van der Waals surface area contributed by atoms with Crippen molar-refractivity contribution >= 4 is 56.1 Å². The van der Waals surface area contributed by atoms with Crippen molar-refractivity contribution in [3.8, 4) is 0 Å². The van der Waals surface area contributed by atoms with E-state index in [1.165, 1.54) is 34.2 Å². The second-order valence-corrected chi connectivity index (χ2v) is 11.3. The van der Waals surface area contributed by atoms with Crippen LogP contribution >= 0.6 is 23.1 Å². The molecular formula is C20H17N7O3S3. The standard InChI is InChI=1S/C20H17N7O3S3/c1-11-17(20(28)27(25-11)14-6-4-3-5-7-14)23-22-13-8-9-16-15(10-13)32-19(26-33(16,29)30)18-24-21-12(2)31-18/h3-10,17,19,26H,1-2H3. The number of nitrogens with one attached hydrogen (secondary N) is 1. The molecule has 13 heteroatoms. The number of thioether (sulfide) groups is 1. The van der Waals surface area contributed by atoms with Crippen LogP contribution in [0.4, 0.5) is 11.4 Å². The molecule has 2 aliphatic rings. The van der Waals surface area contributed by atoms with Crippen LogP contribution in [0.1, 0.15) is 22.3 Å². The van der Waals surface area contributed by atoms with Gasteiger partial charge >= 0.3 is 0 Å². The summed E-state index contributed by atoms with van der Waals surface area (Å²) in [5.74, 6) is -0.298. The summed E-state index contributed by atoms with van der Waals surface area (Å²) in [5.41, 5.74) is 1.61. The predicted octanol–water partition coefficient (Wildman–Crippen LogP) is 3.80. The number of amides is 1. The molecule has 0 fully saturated rings. The Balaban J connectivity index is 1.40. The minimum Gasteiger partial charge on any atom is -0.269 e. The highest BCUT2D eigenvalue weighted by molar-refractivity contribution is 8.02. The number of hydrogen-bond donors (Lipinski definition) is 1. The molecule has 2 aliphatic heterocycles. The number of aromatic nitrogens is 2. The number of fused-ring (bicyclic) bond motifs is 1. The number of hydrogen-bond acceptors (Lipinski definition) is 10. The molecule has 1 N–H and O–H groups in total. The van der Waals surface area contributed by atoms with Crippen molar-refractivity contribution < 1.29 is 13.2 Å². The first kappa shape index (κ1) is 21.8. The van der Waals surface area contributed by atoms with E-state index in [0.717, 1.165) is 5.01 Å². The van der Waals surface area contributed by atoms with Crippen molar-refractivity contribution in [2.24, 2.45) is 15.3 Å². The first-order chi connectivity index (χ1) is 15.8. The van der Waals surface area contributed by atoms with Gasteiger partial charge in [0.15, 0.2) is 6.04 Å². The molecule has 0 saturated carbocycles. The van der Waals surface area contributed by atoms with Gasteiger partial charge in [0.05, 0.1) is 22.0 Å². The van der Waals surface area contributed by atoms with Crippen LogP contribution in [0.25, 0.3) is 0 Å². The Hall–Kier alpha value is -3.00. The van der Waals surface area contributed by atoms with E-state index in [4.69, 9.17) is 0 Å². The summed E-state index contributed by atoms with van der Waals surface area (Å²) in [6, 6.07) is 12.9. The molecule has 3 heterocycles. The molecule has 33 heavy (non-hydrogen) atoms. The molecule has 168 valence electrons. The molecule has 0 spiro atoms. The van der Waals surface area contributed by atoms with Crippen molar-refractivity contribution in [2.45, 2.75) is 35.1 Å². The van der Waals surface area contributed by atoms with E-state index in [2.05, 4.69) is 30.2 Å². The van der Waals surface area contributed by atoms with Crippen LogP contribution in [0.15, 0.2) is 73.7 Å². The molecule has 0 radical (unpaired) electrons. The van der Waals surface area contributed by atoms with Gasteiger partial charge in [0, 0.05) is 4.90 Å². The van der Waals surface area contributed by atoms with Gasteiger partial charge in [0.25, 0.3) is 5.91 Å². The summed E-state index contributed by atoms with van der Waals surface area (Å²) in [4.78, 5) is 13.5. The van der Waals surface area contributed by atoms with Crippen LogP contribution in [0.5, 0.6) is 0 Å². The first-order valence-corrected chi connectivity index (χ1v) is 13.0. The van der Waals surface area contributed by atoms with Crippen LogP contribution in [-0.2, 0) is 14.8 Å². The van der Waals surface area contributed by atoms with Gasteiger partial charge in [-0.15, -0.1) is 10.2 Å². The third kappa shape index (κ3) is 4.19. The summed E-state index contributed by atoms with van der Waals surface area (Å²) in [7, 11) is -3.72. The first-order valence-electron chi connectivity index (χ1n) is 9.80. The molecular weight excluding hydrogens is 482 g/mol. The van der Waals surface area contributed by atoms with E-state index in [1.54, 1.807) is 31.2 Å². The van der Waals surface area contributed by atoms with E-state index in [-0.39, 0.29) is 10.8 Å². The second kappa shape index (κ2) is 8.41. The maximum Gasteiger partial charge on any atom is 0.280 e. The number of anilines is 1. The normalized spacial score (nSPS) is 21.9. The van der Waals surface area contributed by atoms with Gasteiger partial charge in [-0.1, -0.05) is 41.3 Å². The van der Waals surface area contributed by atoms with Gasteiger partial charge in [-0.25, -0.2) is 8.42 Å². The predicted molar refractivity (Wildman–Crippen MR) is 125 cm³/mol. The van der Waals surface area contributed by atoms with Crippen molar-refractivity contribution in [3.63, 3.8) is 0 Å². The molecule has 0 bridgehead atoms. The highest BCUT2D eigenvalue weighted by Crippen LogP contribution is 2.44. The topological polar surface area (TPSA) is 129 Å². The maximum absolute atomic E-state index is 12.8. The monoisotopic (exact) mass is 499 g/mol. The van der Waals surface area contributed by atoms with E-state index in [9.17, 15) is 13.2 Å². The third-order valence-electron chi connectivity index (χ3n) is 4.88. The lowest BCUT2D eigenvalue weighted by Gasteiger charge is -2.23. The number of azo groups is 1. The van der Waals surface area contributed by atoms with Gasteiger partial charge in [-0.2, -0.15) is 25.1 Å². The highest BCUT2D eigenvalue weighted by atomic mass is 32.2. The second-order valence-electron chi connectivity index (χ2n) is 7.25. The molecule has 2 unspecified atom stereocenters. The number of aryl methyl sites for hydroxylation is 1. The number of carbonyl (C=O) groups is 1. The lowest BCUT2D eigenvalue weighted by Crippen LogP contribution is -2.30. The Morgan fingerprint density at radius 2 is 1.88 bits per heavy atom. The zero-order valence-corrected chi connectivity index (χ0v) is 19.9. The summed E-state index contributed by atoms with van der Waals surface area (Å²) in [5, 5.41) is 22.8. The van der Waals surface area contributed by atoms with Gasteiger partial charge < -0.3 is 0 Å². The van der Waals surface area contributed by atoms with Crippen molar-refractivity contribution in [3.05, 3.63) is 58.5 Å². The number of carbonyl (C=O) groups excluding carboxylic acids is 1. The molecule has 3 aromatic rings. The maximum atomic E-state index is 12.8. The molecule has 2 atom stereocenters. The molecule has 2 aromatic carbocycles. The van der Waals surface area contributed by atoms with E-state index < -0.39 is 21.4 Å². The molecule has 0 aliphatic carbocycles. The molecule has 10 nitrogen and oxygen atoms in total. The summed E-state index contributed by atoms with van der Waals surface area (Å²) < 4.78 is 28.1. The lowest BCUT2D eigenvalue weighted by atomic mass is 10.2.